The Kier molecular flexibility index (Phi) is 2.05. The molecule has 1 aromatic rings. The van der Waals surface area contributed by atoms with E-state index in [0.717, 1.165) is 10.9 Å². The van der Waals surface area contributed by atoms with Crippen molar-refractivity contribution in [3.05, 3.63) is 11.9 Å². The molecule has 68 valence electrons. The minimum atomic E-state index is 0.633. The fourth-order valence-corrected chi connectivity index (χ4v) is 1.30. The number of nitrogens with one attached hydrogen (secondary N) is 2. The fraction of sp³-hybridized carbons (Fsp3) is 0.286. The van der Waals surface area contributed by atoms with Crippen LogP contribution in [0.3, 0.4) is 0 Å². The molecule has 0 unspecified atom stereocenters. The van der Waals surface area contributed by atoms with Crippen LogP contribution in [-0.2, 0) is 0 Å². The third-order valence-electron chi connectivity index (χ3n) is 1.56. The Morgan fingerprint density at radius 2 is 2.23 bits per heavy atom. The van der Waals surface area contributed by atoms with E-state index in [1.54, 1.807) is 6.20 Å². The molecule has 1 aliphatic rings. The smallest absolute Gasteiger partial charge is 0.199 e. The zero-order chi connectivity index (χ0) is 9.26. The van der Waals surface area contributed by atoms with E-state index in [1.807, 2.05) is 13.2 Å². The van der Waals surface area contributed by atoms with E-state index in [1.165, 1.54) is 11.8 Å². The van der Waals surface area contributed by atoms with Crippen LogP contribution in [0.25, 0.3) is 0 Å². The van der Waals surface area contributed by atoms with Crippen LogP contribution in [0, 0.1) is 6.92 Å². The van der Waals surface area contributed by atoms with Crippen molar-refractivity contribution in [2.75, 3.05) is 11.7 Å². The first-order chi connectivity index (χ1) is 6.29. The van der Waals surface area contributed by atoms with Crippen molar-refractivity contribution in [1.29, 1.82) is 0 Å². The summed E-state index contributed by atoms with van der Waals surface area (Å²) in [4.78, 5) is 12.6. The summed E-state index contributed by atoms with van der Waals surface area (Å²) in [7, 11) is 0. The average molecular weight is 195 g/mol. The van der Waals surface area contributed by atoms with Crippen molar-refractivity contribution in [1.82, 2.24) is 15.4 Å². The highest BCUT2D eigenvalue weighted by molar-refractivity contribution is 8.13. The first kappa shape index (κ1) is 8.31. The Morgan fingerprint density at radius 1 is 1.38 bits per heavy atom. The molecule has 1 aliphatic heterocycles. The van der Waals surface area contributed by atoms with Crippen molar-refractivity contribution in [2.24, 2.45) is 4.99 Å². The highest BCUT2D eigenvalue weighted by Gasteiger charge is 2.11. The van der Waals surface area contributed by atoms with E-state index in [0.29, 0.717) is 11.6 Å². The molecule has 0 atom stereocenters. The second-order valence-corrected chi connectivity index (χ2v) is 3.35. The lowest BCUT2D eigenvalue weighted by atomic mass is 10.5. The number of nitrogens with zero attached hydrogens (tertiary/aromatic N) is 3. The van der Waals surface area contributed by atoms with Gasteiger partial charge >= 0.3 is 0 Å². The predicted octanol–water partition coefficient (Wildman–Crippen LogP) is 1.07. The Morgan fingerprint density at radius 3 is 3.00 bits per heavy atom. The number of rotatable bonds is 0. The SMILES string of the molecule is CSC1=Nc2ncc(C)nc2NN1. The number of aryl methyl sites for hydroxylation is 1. The average Bonchev–Trinajstić information content (AvgIpc) is 2.17. The second-order valence-electron chi connectivity index (χ2n) is 2.55. The van der Waals surface area contributed by atoms with E-state index >= 15 is 0 Å². The molecule has 1 aromatic heterocycles. The highest BCUT2D eigenvalue weighted by atomic mass is 32.2. The molecular formula is C7H9N5S. The molecule has 2 rings (SSSR count). The van der Waals surface area contributed by atoms with E-state index in [2.05, 4.69) is 25.8 Å². The zero-order valence-electron chi connectivity index (χ0n) is 7.33. The largest absolute Gasteiger partial charge is 0.279 e. The van der Waals surface area contributed by atoms with Gasteiger partial charge < -0.3 is 0 Å². The monoisotopic (exact) mass is 195 g/mol. The molecule has 0 bridgehead atoms. The third kappa shape index (κ3) is 1.57. The molecule has 0 saturated heterocycles. The van der Waals surface area contributed by atoms with Gasteiger partial charge in [0, 0.05) is 0 Å². The lowest BCUT2D eigenvalue weighted by molar-refractivity contribution is 1.01. The molecule has 6 heteroatoms. The number of amidine groups is 1. The van der Waals surface area contributed by atoms with Gasteiger partial charge in [-0.05, 0) is 13.2 Å². The topological polar surface area (TPSA) is 62.2 Å². The maximum absolute atomic E-state index is 4.24. The molecule has 2 heterocycles. The lowest BCUT2D eigenvalue weighted by Gasteiger charge is -2.16. The first-order valence-corrected chi connectivity index (χ1v) is 5.00. The van der Waals surface area contributed by atoms with Crippen LogP contribution in [0.4, 0.5) is 11.6 Å². The van der Waals surface area contributed by atoms with Gasteiger partial charge in [0.1, 0.15) is 0 Å². The molecule has 0 aromatic carbocycles. The van der Waals surface area contributed by atoms with Crippen LogP contribution in [-0.4, -0.2) is 21.4 Å². The summed E-state index contributed by atoms with van der Waals surface area (Å²) in [6.45, 7) is 1.89. The molecular weight excluding hydrogens is 186 g/mol. The van der Waals surface area contributed by atoms with E-state index < -0.39 is 0 Å². The Labute approximate surface area is 80.0 Å². The number of fused-ring (bicyclic) bond motifs is 1. The molecule has 0 saturated carbocycles. The molecule has 13 heavy (non-hydrogen) atoms. The van der Waals surface area contributed by atoms with Gasteiger partial charge in [0.25, 0.3) is 0 Å². The number of hydrogen-bond acceptors (Lipinski definition) is 6. The number of anilines is 1. The number of aliphatic imine (C=N–C) groups is 1. The van der Waals surface area contributed by atoms with Gasteiger partial charge in [-0.15, -0.1) is 0 Å². The standard InChI is InChI=1S/C7H9N5S/c1-4-3-8-5-6(9-4)11-12-7(10-5)13-2/h3H,1-2H3,(H,9,11)(H,8,10,12). The summed E-state index contributed by atoms with van der Waals surface area (Å²) < 4.78 is 0. The third-order valence-corrected chi connectivity index (χ3v) is 2.14. The molecule has 0 amide bonds. The minimum absolute atomic E-state index is 0.633. The van der Waals surface area contributed by atoms with Gasteiger partial charge in [-0.1, -0.05) is 11.8 Å². The molecule has 2 N–H and O–H groups in total. The summed E-state index contributed by atoms with van der Waals surface area (Å²) in [6, 6.07) is 0. The fourth-order valence-electron chi connectivity index (χ4n) is 0.970. The van der Waals surface area contributed by atoms with Crippen LogP contribution in [0.5, 0.6) is 0 Å². The van der Waals surface area contributed by atoms with Gasteiger partial charge in [0.15, 0.2) is 16.8 Å². The van der Waals surface area contributed by atoms with Crippen molar-refractivity contribution in [3.63, 3.8) is 0 Å². The predicted molar refractivity (Wildman–Crippen MR) is 54.1 cm³/mol. The Hall–Kier alpha value is -1.30. The summed E-state index contributed by atoms with van der Waals surface area (Å²) >= 11 is 1.52. The van der Waals surface area contributed by atoms with E-state index in [4.69, 9.17) is 0 Å². The number of aromatic nitrogens is 2. The maximum Gasteiger partial charge on any atom is 0.199 e. The van der Waals surface area contributed by atoms with Gasteiger partial charge in [0.2, 0.25) is 0 Å². The van der Waals surface area contributed by atoms with Crippen molar-refractivity contribution in [2.45, 2.75) is 6.92 Å². The Bertz CT molecular complexity index is 362. The van der Waals surface area contributed by atoms with Crippen LogP contribution < -0.4 is 10.9 Å². The molecule has 5 nitrogen and oxygen atoms in total. The van der Waals surface area contributed by atoms with Crippen molar-refractivity contribution in [3.8, 4) is 0 Å². The highest BCUT2D eigenvalue weighted by Crippen LogP contribution is 2.22. The minimum Gasteiger partial charge on any atom is -0.279 e. The van der Waals surface area contributed by atoms with Gasteiger partial charge in [-0.25, -0.2) is 9.97 Å². The van der Waals surface area contributed by atoms with Crippen molar-refractivity contribution < 1.29 is 0 Å². The first-order valence-electron chi connectivity index (χ1n) is 3.78. The van der Waals surface area contributed by atoms with Gasteiger partial charge in [0.05, 0.1) is 11.9 Å². The van der Waals surface area contributed by atoms with Crippen LogP contribution >= 0.6 is 11.8 Å². The van der Waals surface area contributed by atoms with Gasteiger partial charge in [-0.2, -0.15) is 4.99 Å². The lowest BCUT2D eigenvalue weighted by Crippen LogP contribution is -2.30. The molecule has 0 fully saturated rings. The summed E-state index contributed by atoms with van der Waals surface area (Å²) in [5, 5.41) is 0.797. The van der Waals surface area contributed by atoms with Crippen molar-refractivity contribution >= 4 is 28.6 Å². The zero-order valence-corrected chi connectivity index (χ0v) is 8.14. The molecule has 0 radical (unpaired) electrons. The number of hydrogen-bond donors (Lipinski definition) is 2. The quantitative estimate of drug-likeness (QED) is 0.648. The van der Waals surface area contributed by atoms with E-state index in [-0.39, 0.29) is 0 Å². The van der Waals surface area contributed by atoms with Crippen LogP contribution in [0.15, 0.2) is 11.2 Å². The molecule has 0 aliphatic carbocycles. The summed E-state index contributed by atoms with van der Waals surface area (Å²) in [5.74, 6) is 1.31. The van der Waals surface area contributed by atoms with E-state index in [9.17, 15) is 0 Å². The van der Waals surface area contributed by atoms with Crippen LogP contribution in [0.1, 0.15) is 5.69 Å². The molecule has 0 spiro atoms. The normalized spacial score (nSPS) is 13.8. The van der Waals surface area contributed by atoms with Gasteiger partial charge in [-0.3, -0.25) is 10.9 Å². The Balaban J connectivity index is 2.42. The summed E-state index contributed by atoms with van der Waals surface area (Å²) in [5.41, 5.74) is 6.71. The number of thioether (sulfide) groups is 1. The van der Waals surface area contributed by atoms with Crippen LogP contribution in [0.2, 0.25) is 0 Å². The number of hydrazine groups is 1. The summed E-state index contributed by atoms with van der Waals surface area (Å²) in [6.07, 6.45) is 3.65. The maximum atomic E-state index is 4.24. The second kappa shape index (κ2) is 3.21.